The molecule has 0 unspecified atom stereocenters. The zero-order valence-corrected chi connectivity index (χ0v) is 23.5. The SMILES string of the molecule is CCC(c1cc(C(C)(C)C)c(O)cc1C(C)(C)C)c1cc(C(C)(C)C)c(O)cc1C(C)(C)C. The monoisotopic (exact) mass is 452 g/mol. The van der Waals surface area contributed by atoms with Gasteiger partial charge >= 0.3 is 0 Å². The third-order valence-corrected chi connectivity index (χ3v) is 6.73. The first-order valence-electron chi connectivity index (χ1n) is 12.4. The third-order valence-electron chi connectivity index (χ3n) is 6.73. The van der Waals surface area contributed by atoms with Crippen molar-refractivity contribution in [2.75, 3.05) is 0 Å². The van der Waals surface area contributed by atoms with E-state index in [-0.39, 0.29) is 27.6 Å². The third kappa shape index (κ3) is 5.76. The molecule has 0 fully saturated rings. The van der Waals surface area contributed by atoms with Gasteiger partial charge in [0.1, 0.15) is 11.5 Å². The first-order chi connectivity index (χ1) is 14.7. The van der Waals surface area contributed by atoms with Crippen molar-refractivity contribution in [3.8, 4) is 11.5 Å². The summed E-state index contributed by atoms with van der Waals surface area (Å²) in [5.41, 5.74) is 6.36. The largest absolute Gasteiger partial charge is 0.508 e. The smallest absolute Gasteiger partial charge is 0.119 e. The Morgan fingerprint density at radius 2 is 0.788 bits per heavy atom. The molecule has 0 aliphatic carbocycles. The fourth-order valence-corrected chi connectivity index (χ4v) is 4.89. The van der Waals surface area contributed by atoms with Crippen molar-refractivity contribution in [1.82, 2.24) is 0 Å². The van der Waals surface area contributed by atoms with Crippen LogP contribution in [0.2, 0.25) is 0 Å². The summed E-state index contributed by atoms with van der Waals surface area (Å²) in [6.07, 6.45) is 0.939. The molecule has 0 spiro atoms. The van der Waals surface area contributed by atoms with E-state index in [9.17, 15) is 10.2 Å². The van der Waals surface area contributed by atoms with Gasteiger partial charge in [0.25, 0.3) is 0 Å². The maximum Gasteiger partial charge on any atom is 0.119 e. The number of rotatable bonds is 3. The van der Waals surface area contributed by atoms with Crippen molar-refractivity contribution in [2.24, 2.45) is 0 Å². The summed E-state index contributed by atoms with van der Waals surface area (Å²) in [6, 6.07) is 8.50. The second kappa shape index (κ2) is 8.67. The predicted molar refractivity (Wildman–Crippen MR) is 143 cm³/mol. The molecule has 2 rings (SSSR count). The summed E-state index contributed by atoms with van der Waals surface area (Å²) in [4.78, 5) is 0. The second-order valence-corrected chi connectivity index (χ2v) is 13.9. The number of hydrogen-bond donors (Lipinski definition) is 2. The molecular formula is C31H48O2. The highest BCUT2D eigenvalue weighted by atomic mass is 16.3. The molecule has 184 valence electrons. The van der Waals surface area contributed by atoms with Crippen LogP contribution in [-0.4, -0.2) is 10.2 Å². The van der Waals surface area contributed by atoms with Crippen molar-refractivity contribution in [2.45, 2.75) is 124 Å². The van der Waals surface area contributed by atoms with Gasteiger partial charge in [0.15, 0.2) is 0 Å². The van der Waals surface area contributed by atoms with E-state index in [1.54, 1.807) is 0 Å². The van der Waals surface area contributed by atoms with Gasteiger partial charge in [0, 0.05) is 5.92 Å². The average molecular weight is 453 g/mol. The molecular weight excluding hydrogens is 404 g/mol. The minimum Gasteiger partial charge on any atom is -0.508 e. The zero-order valence-electron chi connectivity index (χ0n) is 23.5. The zero-order chi connectivity index (χ0) is 25.7. The summed E-state index contributed by atoms with van der Waals surface area (Å²) in [6.45, 7) is 28.5. The number of phenols is 2. The molecule has 0 bridgehead atoms. The van der Waals surface area contributed by atoms with Crippen molar-refractivity contribution in [1.29, 1.82) is 0 Å². The quantitative estimate of drug-likeness (QED) is 0.488. The van der Waals surface area contributed by atoms with E-state index >= 15 is 0 Å². The molecule has 2 aromatic carbocycles. The minimum absolute atomic E-state index is 0.109. The van der Waals surface area contributed by atoms with E-state index in [0.29, 0.717) is 11.5 Å². The molecule has 2 aromatic rings. The Balaban J connectivity index is 3.01. The maximum atomic E-state index is 11.0. The molecule has 33 heavy (non-hydrogen) atoms. The molecule has 0 heterocycles. The molecule has 0 saturated carbocycles. The molecule has 0 aliphatic rings. The fraction of sp³-hybridized carbons (Fsp3) is 0.613. The van der Waals surface area contributed by atoms with Gasteiger partial charge < -0.3 is 10.2 Å². The molecule has 0 amide bonds. The van der Waals surface area contributed by atoms with Crippen molar-refractivity contribution < 1.29 is 10.2 Å². The highest BCUT2D eigenvalue weighted by molar-refractivity contribution is 5.55. The Morgan fingerprint density at radius 1 is 0.515 bits per heavy atom. The normalized spacial score (nSPS) is 13.6. The highest BCUT2D eigenvalue weighted by Crippen LogP contribution is 2.46. The van der Waals surface area contributed by atoms with Gasteiger partial charge in [-0.3, -0.25) is 0 Å². The predicted octanol–water partition coefficient (Wildman–Crippen LogP) is 8.83. The standard InChI is InChI=1S/C31H48O2/c1-14-19(20-15-24(30(8,9)10)26(32)17-22(20)28(2,3)4)21-16-25(31(11,12)13)27(33)18-23(21)29(5,6)7/h15-19,32-33H,14H2,1-13H3. The lowest BCUT2D eigenvalue weighted by Gasteiger charge is -2.35. The van der Waals surface area contributed by atoms with Gasteiger partial charge in [-0.15, -0.1) is 0 Å². The number of aromatic hydroxyl groups is 2. The Kier molecular flexibility index (Phi) is 7.17. The van der Waals surface area contributed by atoms with E-state index < -0.39 is 0 Å². The Hall–Kier alpha value is -1.96. The van der Waals surface area contributed by atoms with Crippen LogP contribution in [0.5, 0.6) is 11.5 Å². The van der Waals surface area contributed by atoms with Crippen molar-refractivity contribution >= 4 is 0 Å². The van der Waals surface area contributed by atoms with E-state index in [1.165, 1.54) is 22.3 Å². The summed E-state index contributed by atoms with van der Waals surface area (Å²) in [5.74, 6) is 0.920. The van der Waals surface area contributed by atoms with Crippen LogP contribution in [0.1, 0.15) is 136 Å². The Bertz CT molecular complexity index is 918. The lowest BCUT2D eigenvalue weighted by atomic mass is 9.70. The second-order valence-electron chi connectivity index (χ2n) is 13.9. The van der Waals surface area contributed by atoms with Gasteiger partial charge in [0.05, 0.1) is 0 Å². The summed E-state index contributed by atoms with van der Waals surface area (Å²) in [7, 11) is 0. The van der Waals surface area contributed by atoms with Gasteiger partial charge in [0.2, 0.25) is 0 Å². The lowest BCUT2D eigenvalue weighted by molar-refractivity contribution is 0.439. The molecule has 0 saturated heterocycles. The minimum atomic E-state index is -0.161. The van der Waals surface area contributed by atoms with Crippen LogP contribution < -0.4 is 0 Å². The van der Waals surface area contributed by atoms with Gasteiger partial charge in [-0.05, 0) is 73.6 Å². The molecule has 2 N–H and O–H groups in total. The summed E-state index contributed by atoms with van der Waals surface area (Å²) < 4.78 is 0. The van der Waals surface area contributed by atoms with Crippen LogP contribution in [0.25, 0.3) is 0 Å². The molecule has 0 radical (unpaired) electrons. The van der Waals surface area contributed by atoms with Gasteiger partial charge in [-0.25, -0.2) is 0 Å². The van der Waals surface area contributed by atoms with Crippen LogP contribution in [0.4, 0.5) is 0 Å². The number of benzene rings is 2. The highest BCUT2D eigenvalue weighted by Gasteiger charge is 2.32. The van der Waals surface area contributed by atoms with Crippen LogP contribution >= 0.6 is 0 Å². The average Bonchev–Trinajstić information content (AvgIpc) is 2.60. The lowest BCUT2D eigenvalue weighted by Crippen LogP contribution is -2.23. The van der Waals surface area contributed by atoms with Crippen LogP contribution in [0.15, 0.2) is 24.3 Å². The molecule has 0 aliphatic heterocycles. The first-order valence-corrected chi connectivity index (χ1v) is 12.4. The topological polar surface area (TPSA) is 40.5 Å². The Labute approximate surface area is 203 Å². The molecule has 0 aromatic heterocycles. The summed E-state index contributed by atoms with van der Waals surface area (Å²) in [5, 5.41) is 22.0. The van der Waals surface area contributed by atoms with Crippen LogP contribution in [-0.2, 0) is 21.7 Å². The van der Waals surface area contributed by atoms with Crippen LogP contribution in [0.3, 0.4) is 0 Å². The van der Waals surface area contributed by atoms with E-state index in [1.807, 2.05) is 12.1 Å². The van der Waals surface area contributed by atoms with E-state index in [4.69, 9.17) is 0 Å². The molecule has 0 atom stereocenters. The number of hydrogen-bond acceptors (Lipinski definition) is 2. The van der Waals surface area contributed by atoms with Gasteiger partial charge in [-0.1, -0.05) is 102 Å². The molecule has 2 heteroatoms. The fourth-order valence-electron chi connectivity index (χ4n) is 4.89. The number of phenolic OH excluding ortho intramolecular Hbond substituents is 2. The Morgan fingerprint density at radius 3 is 1.00 bits per heavy atom. The summed E-state index contributed by atoms with van der Waals surface area (Å²) >= 11 is 0. The maximum absolute atomic E-state index is 11.0. The van der Waals surface area contributed by atoms with Crippen molar-refractivity contribution in [3.63, 3.8) is 0 Å². The first kappa shape index (κ1) is 27.3. The van der Waals surface area contributed by atoms with Gasteiger partial charge in [-0.2, -0.15) is 0 Å². The van der Waals surface area contributed by atoms with E-state index in [0.717, 1.165) is 17.5 Å². The molecule has 2 nitrogen and oxygen atoms in total. The van der Waals surface area contributed by atoms with Crippen molar-refractivity contribution in [3.05, 3.63) is 57.6 Å². The van der Waals surface area contributed by atoms with Crippen LogP contribution in [0, 0.1) is 0 Å². The van der Waals surface area contributed by atoms with E-state index in [2.05, 4.69) is 102 Å².